The molecule has 154 valence electrons. The van der Waals surface area contributed by atoms with E-state index >= 15 is 0 Å². The van der Waals surface area contributed by atoms with Crippen LogP contribution in [-0.2, 0) is 19.7 Å². The molecule has 0 radical (unpaired) electrons. The van der Waals surface area contributed by atoms with Gasteiger partial charge in [-0.05, 0) is 55.5 Å². The van der Waals surface area contributed by atoms with Gasteiger partial charge in [-0.25, -0.2) is 9.59 Å². The number of methoxy groups -OCH3 is 1. The lowest BCUT2D eigenvalue weighted by Gasteiger charge is -2.20. The van der Waals surface area contributed by atoms with Gasteiger partial charge in [0.25, 0.3) is 0 Å². The first kappa shape index (κ1) is 24.9. The molecule has 7 nitrogen and oxygen atoms in total. The molecule has 7 heteroatoms. The minimum absolute atomic E-state index is 0.190. The van der Waals surface area contributed by atoms with Crippen LogP contribution in [0.2, 0.25) is 0 Å². The molecule has 0 bridgehead atoms. The fraction of sp³-hybridized carbons (Fsp3) is 0.600. The van der Waals surface area contributed by atoms with Gasteiger partial charge in [-0.1, -0.05) is 32.9 Å². The van der Waals surface area contributed by atoms with E-state index < -0.39 is 11.9 Å². The highest BCUT2D eigenvalue weighted by atomic mass is 16.5. The summed E-state index contributed by atoms with van der Waals surface area (Å²) in [6.07, 6.45) is 2.08. The molecule has 0 fully saturated rings. The van der Waals surface area contributed by atoms with Crippen LogP contribution in [0, 0.1) is 6.92 Å². The zero-order valence-corrected chi connectivity index (χ0v) is 17.0. The fourth-order valence-electron chi connectivity index (χ4n) is 2.12. The molecule has 0 aromatic heterocycles. The number of aliphatic carboxylic acids is 2. The number of hydrogen-bond donors (Lipinski definition) is 3. The van der Waals surface area contributed by atoms with E-state index in [1.54, 1.807) is 7.11 Å². The van der Waals surface area contributed by atoms with Gasteiger partial charge in [-0.3, -0.25) is 0 Å². The zero-order valence-electron chi connectivity index (χ0n) is 17.0. The largest absolute Gasteiger partial charge is 0.493 e. The van der Waals surface area contributed by atoms with E-state index in [2.05, 4.69) is 51.2 Å². The third kappa shape index (κ3) is 12.0. The van der Waals surface area contributed by atoms with Crippen molar-refractivity contribution in [3.05, 3.63) is 29.3 Å². The molecule has 0 heterocycles. The molecular formula is C20H33NO6. The Balaban J connectivity index is 0.000000972. The molecule has 3 N–H and O–H groups in total. The van der Waals surface area contributed by atoms with Crippen LogP contribution in [-0.4, -0.2) is 55.6 Å². The Morgan fingerprint density at radius 1 is 1.04 bits per heavy atom. The van der Waals surface area contributed by atoms with Crippen LogP contribution in [0.15, 0.2) is 18.2 Å². The summed E-state index contributed by atoms with van der Waals surface area (Å²) in [5, 5.41) is 18.2. The van der Waals surface area contributed by atoms with Crippen LogP contribution in [0.25, 0.3) is 0 Å². The van der Waals surface area contributed by atoms with Gasteiger partial charge >= 0.3 is 11.9 Å². The molecule has 0 aliphatic carbocycles. The number of benzene rings is 1. The van der Waals surface area contributed by atoms with Crippen LogP contribution in [0.3, 0.4) is 0 Å². The molecule has 0 unspecified atom stereocenters. The van der Waals surface area contributed by atoms with Gasteiger partial charge in [-0.2, -0.15) is 0 Å². The summed E-state index contributed by atoms with van der Waals surface area (Å²) < 4.78 is 10.9. The van der Waals surface area contributed by atoms with Crippen LogP contribution in [0.5, 0.6) is 5.75 Å². The standard InChI is InChI=1S/C18H31NO2.C2H2O4/c1-15-14-16(18(2,3)4)8-9-17(15)21-13-7-11-19-10-6-12-20-5;3-1(4)2(5)6/h8-9,14,19H,6-7,10-13H2,1-5H3;(H,3,4)(H,5,6). The minimum atomic E-state index is -1.82. The number of carboxylic acids is 2. The Kier molecular flexibility index (Phi) is 12.1. The van der Waals surface area contributed by atoms with E-state index in [0.717, 1.165) is 44.9 Å². The Bertz CT molecular complexity index is 568. The van der Waals surface area contributed by atoms with Crippen molar-refractivity contribution in [3.8, 4) is 5.75 Å². The molecule has 0 spiro atoms. The second kappa shape index (κ2) is 13.1. The monoisotopic (exact) mass is 383 g/mol. The van der Waals surface area contributed by atoms with Crippen LogP contribution in [0.1, 0.15) is 44.7 Å². The Morgan fingerprint density at radius 3 is 2.04 bits per heavy atom. The van der Waals surface area contributed by atoms with E-state index in [9.17, 15) is 0 Å². The third-order valence-corrected chi connectivity index (χ3v) is 3.68. The van der Waals surface area contributed by atoms with E-state index in [1.165, 1.54) is 11.1 Å². The van der Waals surface area contributed by atoms with Crippen molar-refractivity contribution >= 4 is 11.9 Å². The first-order valence-electron chi connectivity index (χ1n) is 8.99. The smallest absolute Gasteiger partial charge is 0.414 e. The molecule has 0 aliphatic heterocycles. The van der Waals surface area contributed by atoms with Gasteiger partial charge in [0.1, 0.15) is 5.75 Å². The first-order valence-corrected chi connectivity index (χ1v) is 8.99. The fourth-order valence-corrected chi connectivity index (χ4v) is 2.12. The van der Waals surface area contributed by atoms with Gasteiger partial charge in [0.2, 0.25) is 0 Å². The van der Waals surface area contributed by atoms with Crippen molar-refractivity contribution in [2.24, 2.45) is 0 Å². The number of carboxylic acid groups (broad SMARTS) is 2. The average Bonchev–Trinajstić information content (AvgIpc) is 2.58. The highest BCUT2D eigenvalue weighted by molar-refractivity contribution is 6.27. The van der Waals surface area contributed by atoms with E-state index in [1.807, 2.05) is 0 Å². The van der Waals surface area contributed by atoms with Crippen molar-refractivity contribution in [3.63, 3.8) is 0 Å². The summed E-state index contributed by atoms with van der Waals surface area (Å²) >= 11 is 0. The number of carbonyl (C=O) groups is 2. The lowest BCUT2D eigenvalue weighted by Crippen LogP contribution is -2.19. The van der Waals surface area contributed by atoms with E-state index in [4.69, 9.17) is 29.3 Å². The predicted octanol–water partition coefficient (Wildman–Crippen LogP) is 2.84. The lowest BCUT2D eigenvalue weighted by atomic mass is 9.86. The third-order valence-electron chi connectivity index (χ3n) is 3.68. The van der Waals surface area contributed by atoms with Crippen LogP contribution < -0.4 is 10.1 Å². The maximum Gasteiger partial charge on any atom is 0.414 e. The normalized spacial score (nSPS) is 10.7. The minimum Gasteiger partial charge on any atom is -0.493 e. The second-order valence-corrected chi connectivity index (χ2v) is 7.14. The highest BCUT2D eigenvalue weighted by Crippen LogP contribution is 2.27. The summed E-state index contributed by atoms with van der Waals surface area (Å²) in [6, 6.07) is 6.51. The zero-order chi connectivity index (χ0) is 20.9. The summed E-state index contributed by atoms with van der Waals surface area (Å²) in [5.41, 5.74) is 2.76. The van der Waals surface area contributed by atoms with Gasteiger partial charge in [-0.15, -0.1) is 0 Å². The predicted molar refractivity (Wildman–Crippen MR) is 105 cm³/mol. The number of hydrogen-bond acceptors (Lipinski definition) is 5. The van der Waals surface area contributed by atoms with Crippen LogP contribution in [0.4, 0.5) is 0 Å². The molecule has 27 heavy (non-hydrogen) atoms. The van der Waals surface area contributed by atoms with E-state index in [-0.39, 0.29) is 5.41 Å². The number of rotatable bonds is 9. The van der Waals surface area contributed by atoms with Crippen molar-refractivity contribution in [2.75, 3.05) is 33.4 Å². The topological polar surface area (TPSA) is 105 Å². The van der Waals surface area contributed by atoms with Crippen molar-refractivity contribution in [1.29, 1.82) is 0 Å². The second-order valence-electron chi connectivity index (χ2n) is 7.14. The molecule has 0 amide bonds. The molecular weight excluding hydrogens is 350 g/mol. The van der Waals surface area contributed by atoms with Gasteiger partial charge < -0.3 is 25.0 Å². The maximum atomic E-state index is 9.10. The number of nitrogens with one attached hydrogen (secondary N) is 1. The highest BCUT2D eigenvalue weighted by Gasteiger charge is 2.14. The Morgan fingerprint density at radius 2 is 1.59 bits per heavy atom. The first-order chi connectivity index (χ1) is 12.6. The Labute approximate surface area is 161 Å². The SMILES string of the molecule is COCCCNCCCOc1ccc(C(C)(C)C)cc1C.O=C(O)C(=O)O. The lowest BCUT2D eigenvalue weighted by molar-refractivity contribution is -0.159. The number of ether oxygens (including phenoxy) is 2. The molecule has 0 aliphatic rings. The summed E-state index contributed by atoms with van der Waals surface area (Å²) in [5.74, 6) is -2.65. The molecule has 0 saturated carbocycles. The molecule has 1 rings (SSSR count). The van der Waals surface area contributed by atoms with Crippen molar-refractivity contribution in [1.82, 2.24) is 5.32 Å². The number of aryl methyl sites for hydroxylation is 1. The molecule has 1 aromatic rings. The summed E-state index contributed by atoms with van der Waals surface area (Å²) in [6.45, 7) is 12.4. The molecule has 0 saturated heterocycles. The van der Waals surface area contributed by atoms with Gasteiger partial charge in [0.15, 0.2) is 0 Å². The Hall–Kier alpha value is -2.12. The summed E-state index contributed by atoms with van der Waals surface area (Å²) in [4.78, 5) is 18.2. The maximum absolute atomic E-state index is 9.10. The van der Waals surface area contributed by atoms with Gasteiger partial charge in [0.05, 0.1) is 6.61 Å². The molecule has 1 aromatic carbocycles. The quantitative estimate of drug-likeness (QED) is 0.445. The van der Waals surface area contributed by atoms with Crippen molar-refractivity contribution in [2.45, 2.75) is 46.0 Å². The van der Waals surface area contributed by atoms with Gasteiger partial charge in [0, 0.05) is 13.7 Å². The molecule has 0 atom stereocenters. The average molecular weight is 383 g/mol. The van der Waals surface area contributed by atoms with Crippen LogP contribution >= 0.6 is 0 Å². The summed E-state index contributed by atoms with van der Waals surface area (Å²) in [7, 11) is 1.74. The van der Waals surface area contributed by atoms with E-state index in [0.29, 0.717) is 0 Å². The van der Waals surface area contributed by atoms with Crippen molar-refractivity contribution < 1.29 is 29.3 Å².